The first-order valence-electron chi connectivity index (χ1n) is 16.6. The zero-order valence-corrected chi connectivity index (χ0v) is 30.8. The summed E-state index contributed by atoms with van der Waals surface area (Å²) in [6.07, 6.45) is 6.79. The zero-order chi connectivity index (χ0) is 36.8. The fourth-order valence-electron chi connectivity index (χ4n) is 4.90. The minimum Gasteiger partial charge on any atom is -0.744 e. The molecule has 4 aromatic carbocycles. The third kappa shape index (κ3) is 11.7. The van der Waals surface area contributed by atoms with Crippen LogP contribution in [0.2, 0.25) is 0 Å². The number of rotatable bonds is 14. The van der Waals surface area contributed by atoms with Gasteiger partial charge < -0.3 is 23.5 Å². The number of aromatic nitrogens is 2. The fraction of sp³-hybridized carbons (Fsp3) is 0.171. The maximum absolute atomic E-state index is 10.4. The molecule has 2 heterocycles. The Morgan fingerprint density at radius 3 is 1.62 bits per heavy atom. The van der Waals surface area contributed by atoms with E-state index < -0.39 is 21.0 Å². The van der Waals surface area contributed by atoms with Gasteiger partial charge in [0, 0.05) is 43.5 Å². The minimum atomic E-state index is -4.27. The Labute approximate surface area is 308 Å². The van der Waals surface area contributed by atoms with Crippen LogP contribution in [0.4, 0.5) is 0 Å². The topological polar surface area (TPSA) is 120 Å². The van der Waals surface area contributed by atoms with Crippen molar-refractivity contribution < 1.29 is 31.9 Å². The molecule has 0 spiro atoms. The van der Waals surface area contributed by atoms with Gasteiger partial charge in [-0.3, -0.25) is 9.97 Å². The van der Waals surface area contributed by atoms with Gasteiger partial charge in [0.25, 0.3) is 0 Å². The SMILES string of the molecule is CCOC(C)Oc1ccc([S+](c2cccc(OCc3ccncc3)c2)c2cccc(OCc3ccncc3)c2)cc1.Cc1ccc(S(=O)(=O)[O-])cc1. The highest BCUT2D eigenvalue weighted by Gasteiger charge is 2.30. The molecule has 6 rings (SSSR count). The van der Waals surface area contributed by atoms with E-state index in [1.807, 2.05) is 81.4 Å². The third-order valence-electron chi connectivity index (χ3n) is 7.46. The van der Waals surface area contributed by atoms with Crippen LogP contribution in [0.5, 0.6) is 17.2 Å². The molecule has 0 bridgehead atoms. The number of hydrogen-bond acceptors (Lipinski definition) is 9. The molecule has 0 saturated carbocycles. The van der Waals surface area contributed by atoms with Crippen molar-refractivity contribution in [3.05, 3.63) is 163 Å². The maximum atomic E-state index is 10.4. The Hall–Kier alpha value is -5.20. The normalized spacial score (nSPS) is 11.6. The van der Waals surface area contributed by atoms with Gasteiger partial charge in [0.05, 0.1) is 15.8 Å². The summed E-state index contributed by atoms with van der Waals surface area (Å²) in [5.41, 5.74) is 3.07. The molecule has 9 nitrogen and oxygen atoms in total. The summed E-state index contributed by atoms with van der Waals surface area (Å²) in [5, 5.41) is 0. The van der Waals surface area contributed by atoms with Crippen molar-refractivity contribution >= 4 is 21.0 Å². The van der Waals surface area contributed by atoms with Crippen molar-refractivity contribution in [2.75, 3.05) is 6.61 Å². The van der Waals surface area contributed by atoms with Crippen LogP contribution in [-0.2, 0) is 39.0 Å². The summed E-state index contributed by atoms with van der Waals surface area (Å²) in [6.45, 7) is 7.22. The Kier molecular flexibility index (Phi) is 13.8. The molecule has 52 heavy (non-hydrogen) atoms. The molecule has 0 saturated heterocycles. The second-order valence-electron chi connectivity index (χ2n) is 11.4. The van der Waals surface area contributed by atoms with E-state index in [4.69, 9.17) is 18.9 Å². The van der Waals surface area contributed by atoms with Gasteiger partial charge in [0.2, 0.25) is 0 Å². The van der Waals surface area contributed by atoms with Crippen LogP contribution in [0.25, 0.3) is 0 Å². The Morgan fingerprint density at radius 2 is 1.15 bits per heavy atom. The van der Waals surface area contributed by atoms with Crippen LogP contribution >= 0.6 is 0 Å². The van der Waals surface area contributed by atoms with Gasteiger partial charge in [-0.05, 0) is 117 Å². The molecule has 0 fully saturated rings. The summed E-state index contributed by atoms with van der Waals surface area (Å²) < 4.78 is 55.0. The molecule has 6 aromatic rings. The van der Waals surface area contributed by atoms with E-state index in [0.29, 0.717) is 19.8 Å². The molecular formula is C41H40N2O7S2. The summed E-state index contributed by atoms with van der Waals surface area (Å²) in [6, 6.07) is 38.5. The van der Waals surface area contributed by atoms with Gasteiger partial charge in [-0.1, -0.05) is 29.8 Å². The smallest absolute Gasteiger partial charge is 0.196 e. The van der Waals surface area contributed by atoms with E-state index in [-0.39, 0.29) is 11.2 Å². The number of ether oxygens (including phenoxy) is 4. The van der Waals surface area contributed by atoms with Gasteiger partial charge in [0.15, 0.2) is 21.0 Å². The predicted molar refractivity (Wildman–Crippen MR) is 199 cm³/mol. The fourth-order valence-corrected chi connectivity index (χ4v) is 7.49. The third-order valence-corrected chi connectivity index (χ3v) is 10.5. The lowest BCUT2D eigenvalue weighted by molar-refractivity contribution is -0.0613. The largest absolute Gasteiger partial charge is 0.744 e. The van der Waals surface area contributed by atoms with E-state index in [0.717, 1.165) is 48.6 Å². The molecule has 0 aliphatic carbocycles. The Morgan fingerprint density at radius 1 is 0.654 bits per heavy atom. The lowest BCUT2D eigenvalue weighted by Crippen LogP contribution is -2.16. The Balaban J connectivity index is 0.000000407. The minimum absolute atomic E-state index is 0.178. The molecule has 0 radical (unpaired) electrons. The van der Waals surface area contributed by atoms with Gasteiger partial charge in [-0.25, -0.2) is 8.42 Å². The summed E-state index contributed by atoms with van der Waals surface area (Å²) in [7, 11) is -4.69. The van der Waals surface area contributed by atoms with Gasteiger partial charge in [-0.15, -0.1) is 0 Å². The van der Waals surface area contributed by atoms with E-state index in [1.54, 1.807) is 36.9 Å². The lowest BCUT2D eigenvalue weighted by atomic mass is 10.2. The van der Waals surface area contributed by atoms with E-state index in [1.165, 1.54) is 12.1 Å². The summed E-state index contributed by atoms with van der Waals surface area (Å²) in [5.74, 6) is 2.39. The summed E-state index contributed by atoms with van der Waals surface area (Å²) >= 11 is 0. The molecule has 2 aromatic heterocycles. The van der Waals surface area contributed by atoms with Gasteiger partial charge in [-0.2, -0.15) is 0 Å². The number of pyridine rings is 2. The number of aryl methyl sites for hydroxylation is 1. The molecule has 1 unspecified atom stereocenters. The van der Waals surface area contributed by atoms with Crippen molar-refractivity contribution in [1.29, 1.82) is 0 Å². The van der Waals surface area contributed by atoms with Crippen molar-refractivity contribution in [2.24, 2.45) is 0 Å². The quantitative estimate of drug-likeness (QED) is 0.0617. The van der Waals surface area contributed by atoms with Crippen LogP contribution in [0.15, 0.2) is 166 Å². The van der Waals surface area contributed by atoms with Crippen LogP contribution < -0.4 is 14.2 Å². The molecule has 0 aliphatic rings. The second kappa shape index (κ2) is 18.9. The molecule has 11 heteroatoms. The predicted octanol–water partition coefficient (Wildman–Crippen LogP) is 8.39. The highest BCUT2D eigenvalue weighted by atomic mass is 32.2. The van der Waals surface area contributed by atoms with Crippen molar-refractivity contribution in [3.63, 3.8) is 0 Å². The number of nitrogens with zero attached hydrogens (tertiary/aromatic N) is 2. The number of hydrogen-bond donors (Lipinski definition) is 0. The van der Waals surface area contributed by atoms with Crippen molar-refractivity contribution in [1.82, 2.24) is 9.97 Å². The van der Waals surface area contributed by atoms with E-state index in [2.05, 4.69) is 46.4 Å². The van der Waals surface area contributed by atoms with Crippen LogP contribution in [0.3, 0.4) is 0 Å². The highest BCUT2D eigenvalue weighted by Crippen LogP contribution is 2.35. The molecule has 268 valence electrons. The van der Waals surface area contributed by atoms with Gasteiger partial charge in [0.1, 0.15) is 40.6 Å². The molecule has 1 atom stereocenters. The average molecular weight is 737 g/mol. The van der Waals surface area contributed by atoms with Crippen molar-refractivity contribution in [3.8, 4) is 17.2 Å². The average Bonchev–Trinajstić information content (AvgIpc) is 3.15. The highest BCUT2D eigenvalue weighted by molar-refractivity contribution is 7.97. The maximum Gasteiger partial charge on any atom is 0.196 e. The monoisotopic (exact) mass is 736 g/mol. The van der Waals surface area contributed by atoms with Crippen LogP contribution in [0.1, 0.15) is 30.5 Å². The van der Waals surface area contributed by atoms with Gasteiger partial charge >= 0.3 is 0 Å². The molecular weight excluding hydrogens is 697 g/mol. The molecule has 0 amide bonds. The molecule has 0 aliphatic heterocycles. The first kappa shape index (κ1) is 38.0. The Bertz CT molecular complexity index is 2000. The zero-order valence-electron chi connectivity index (χ0n) is 29.1. The van der Waals surface area contributed by atoms with Crippen LogP contribution in [-0.4, -0.2) is 35.8 Å². The van der Waals surface area contributed by atoms with E-state index in [9.17, 15) is 13.0 Å². The second-order valence-corrected chi connectivity index (χ2v) is 14.8. The summed E-state index contributed by atoms with van der Waals surface area (Å²) in [4.78, 5) is 11.4. The van der Waals surface area contributed by atoms with E-state index >= 15 is 0 Å². The lowest BCUT2D eigenvalue weighted by Gasteiger charge is -2.15. The number of benzene rings is 4. The van der Waals surface area contributed by atoms with Crippen LogP contribution in [0, 0.1) is 6.92 Å². The first-order valence-corrected chi connectivity index (χ1v) is 19.2. The molecule has 0 N–H and O–H groups in total. The standard InChI is InChI=1S/C34H33N2O4S.C7H8O3S/c1-3-37-26(2)40-29-10-12-32(13-11-29)41(33-8-4-6-30(22-33)38-24-27-14-18-35-19-15-27)34-9-5-7-31(23-34)39-25-28-16-20-36-21-17-28;1-6-2-4-7(5-3-6)11(8,9)10/h4-23,26H,3,24-25H2,1-2H3;2-5H,1H3,(H,8,9,10)/q+1;/p-1. The van der Waals surface area contributed by atoms with Crippen molar-refractivity contribution in [2.45, 2.75) is 59.9 Å². The first-order chi connectivity index (χ1) is 25.2.